The number of aryl methyl sites for hydroxylation is 1. The highest BCUT2D eigenvalue weighted by Gasteiger charge is 2.11. The number of aromatic nitrogens is 2. The molecule has 2 rings (SSSR count). The van der Waals surface area contributed by atoms with Crippen molar-refractivity contribution in [3.63, 3.8) is 0 Å². The van der Waals surface area contributed by atoms with Gasteiger partial charge in [-0.1, -0.05) is 12.1 Å². The van der Waals surface area contributed by atoms with Gasteiger partial charge in [0.05, 0.1) is 26.4 Å². The predicted molar refractivity (Wildman–Crippen MR) is 90.5 cm³/mol. The topological polar surface area (TPSA) is 103 Å². The number of ether oxygens (including phenoxy) is 2. The molecule has 0 bridgehead atoms. The van der Waals surface area contributed by atoms with Crippen LogP contribution in [0.1, 0.15) is 16.1 Å². The van der Waals surface area contributed by atoms with E-state index >= 15 is 0 Å². The van der Waals surface area contributed by atoms with Crippen LogP contribution in [0, 0.1) is 0 Å². The molecule has 1 atom stereocenters. The first kappa shape index (κ1) is 18.6. The van der Waals surface area contributed by atoms with Crippen LogP contribution in [-0.4, -0.2) is 47.2 Å². The summed E-state index contributed by atoms with van der Waals surface area (Å²) in [6.07, 6.45) is -0.852. The molecule has 8 heteroatoms. The molecule has 0 saturated heterocycles. The van der Waals surface area contributed by atoms with Gasteiger partial charge < -0.3 is 19.9 Å². The van der Waals surface area contributed by atoms with Crippen molar-refractivity contribution in [3.8, 4) is 5.75 Å². The zero-order chi connectivity index (χ0) is 18.2. The van der Waals surface area contributed by atoms with Crippen LogP contribution in [0.4, 0.5) is 0 Å². The fourth-order valence-corrected chi connectivity index (χ4v) is 2.02. The highest BCUT2D eigenvalue weighted by atomic mass is 16.5. The van der Waals surface area contributed by atoms with Crippen LogP contribution in [0.3, 0.4) is 0 Å². The van der Waals surface area contributed by atoms with Crippen molar-refractivity contribution in [1.29, 1.82) is 0 Å². The predicted octanol–water partition coefficient (Wildman–Crippen LogP) is 0.0964. The summed E-state index contributed by atoms with van der Waals surface area (Å²) in [4.78, 5) is 23.2. The number of carbonyl (C=O) groups excluding carboxylic acids is 1. The zero-order valence-corrected chi connectivity index (χ0v) is 14.1. The van der Waals surface area contributed by atoms with Gasteiger partial charge in [0, 0.05) is 19.7 Å². The quantitative estimate of drug-likeness (QED) is 0.702. The number of hydrogen-bond acceptors (Lipinski definition) is 6. The fourth-order valence-electron chi connectivity index (χ4n) is 2.02. The molecule has 0 unspecified atom stereocenters. The monoisotopic (exact) mass is 347 g/mol. The molecule has 2 N–H and O–H groups in total. The van der Waals surface area contributed by atoms with Crippen LogP contribution in [-0.2, 0) is 18.4 Å². The Balaban J connectivity index is 1.72. The maximum atomic E-state index is 11.9. The van der Waals surface area contributed by atoms with Crippen molar-refractivity contribution in [2.75, 3.05) is 20.3 Å². The number of aliphatic hydroxyl groups excluding tert-OH is 1. The van der Waals surface area contributed by atoms with E-state index in [0.717, 1.165) is 16.0 Å². The van der Waals surface area contributed by atoms with E-state index in [4.69, 9.17) is 9.47 Å². The van der Waals surface area contributed by atoms with E-state index in [9.17, 15) is 14.7 Å². The van der Waals surface area contributed by atoms with Crippen LogP contribution >= 0.6 is 0 Å². The van der Waals surface area contributed by atoms with E-state index in [1.807, 2.05) is 24.3 Å². The van der Waals surface area contributed by atoms with Crippen LogP contribution in [0.2, 0.25) is 0 Å². The maximum absolute atomic E-state index is 11.9. The number of hydrogen-bond donors (Lipinski definition) is 2. The Bertz CT molecular complexity index is 758. The second-order valence-electron chi connectivity index (χ2n) is 5.41. The molecule has 1 heterocycles. The summed E-state index contributed by atoms with van der Waals surface area (Å²) >= 11 is 0. The third-order valence-electron chi connectivity index (χ3n) is 3.43. The summed E-state index contributed by atoms with van der Waals surface area (Å²) < 4.78 is 11.6. The number of nitrogens with one attached hydrogen (secondary N) is 1. The lowest BCUT2D eigenvalue weighted by Crippen LogP contribution is -2.36. The summed E-state index contributed by atoms with van der Waals surface area (Å²) in [5.74, 6) is 0.295. The normalized spacial score (nSPS) is 11.8. The van der Waals surface area contributed by atoms with Crippen molar-refractivity contribution < 1.29 is 19.4 Å². The second kappa shape index (κ2) is 8.95. The summed E-state index contributed by atoms with van der Waals surface area (Å²) in [5.41, 5.74) is 0.753. The highest BCUT2D eigenvalue weighted by molar-refractivity contribution is 5.91. The van der Waals surface area contributed by atoms with E-state index in [-0.39, 0.29) is 24.4 Å². The molecule has 0 aliphatic carbocycles. The molecule has 0 spiro atoms. The summed E-state index contributed by atoms with van der Waals surface area (Å²) in [5, 5.41) is 16.2. The van der Waals surface area contributed by atoms with E-state index in [2.05, 4.69) is 10.4 Å². The molecule has 25 heavy (non-hydrogen) atoms. The Hall–Kier alpha value is -2.71. The van der Waals surface area contributed by atoms with Gasteiger partial charge >= 0.3 is 0 Å². The zero-order valence-electron chi connectivity index (χ0n) is 14.1. The number of carbonyl (C=O) groups is 1. The van der Waals surface area contributed by atoms with Crippen LogP contribution in [0.5, 0.6) is 5.75 Å². The average Bonchev–Trinajstić information content (AvgIpc) is 2.62. The fraction of sp³-hybridized carbons (Fsp3) is 0.353. The minimum atomic E-state index is -0.852. The van der Waals surface area contributed by atoms with Gasteiger partial charge in [-0.05, 0) is 23.8 Å². The maximum Gasteiger partial charge on any atom is 0.271 e. The number of nitrogens with zero attached hydrogens (tertiary/aromatic N) is 2. The first-order chi connectivity index (χ1) is 12.0. The third-order valence-corrected chi connectivity index (χ3v) is 3.43. The number of benzene rings is 1. The Kier molecular flexibility index (Phi) is 6.67. The number of methoxy groups -OCH3 is 1. The lowest BCUT2D eigenvalue weighted by molar-refractivity contribution is 0.0284. The molecule has 2 aromatic rings. The van der Waals surface area contributed by atoms with Crippen LogP contribution in [0.25, 0.3) is 0 Å². The van der Waals surface area contributed by atoms with Gasteiger partial charge in [-0.2, -0.15) is 5.10 Å². The molecule has 0 saturated carbocycles. The van der Waals surface area contributed by atoms with Crippen molar-refractivity contribution in [3.05, 3.63) is 58.0 Å². The van der Waals surface area contributed by atoms with E-state index in [1.165, 1.54) is 19.2 Å². The van der Waals surface area contributed by atoms with Gasteiger partial charge in [0.25, 0.3) is 11.5 Å². The third kappa shape index (κ3) is 5.70. The molecule has 0 radical (unpaired) electrons. The van der Waals surface area contributed by atoms with Gasteiger partial charge in [0.2, 0.25) is 0 Å². The smallest absolute Gasteiger partial charge is 0.271 e. The van der Waals surface area contributed by atoms with Crippen LogP contribution < -0.4 is 15.6 Å². The Morgan fingerprint density at radius 1 is 1.28 bits per heavy atom. The Morgan fingerprint density at radius 2 is 2.00 bits per heavy atom. The second-order valence-corrected chi connectivity index (χ2v) is 5.41. The van der Waals surface area contributed by atoms with E-state index < -0.39 is 12.0 Å². The molecule has 1 amide bonds. The Labute approximate surface area is 145 Å². The van der Waals surface area contributed by atoms with Crippen molar-refractivity contribution in [2.24, 2.45) is 7.05 Å². The van der Waals surface area contributed by atoms with Gasteiger partial charge in [0.1, 0.15) is 11.4 Å². The summed E-state index contributed by atoms with van der Waals surface area (Å²) in [7, 11) is 3.06. The summed E-state index contributed by atoms with van der Waals surface area (Å²) in [6, 6.07) is 10.0. The molecule has 0 aliphatic heterocycles. The average molecular weight is 347 g/mol. The van der Waals surface area contributed by atoms with Crippen molar-refractivity contribution in [1.82, 2.24) is 15.1 Å². The Morgan fingerprint density at radius 3 is 2.64 bits per heavy atom. The summed E-state index contributed by atoms with van der Waals surface area (Å²) in [6.45, 7) is 0.441. The molecule has 1 aromatic heterocycles. The molecule has 8 nitrogen and oxygen atoms in total. The van der Waals surface area contributed by atoms with E-state index in [0.29, 0.717) is 6.61 Å². The molecular weight excluding hydrogens is 326 g/mol. The first-order valence-electron chi connectivity index (χ1n) is 7.71. The SMILES string of the molecule is COc1ccc(COC[C@@H](O)CNC(=O)c2ccc(=O)n(C)n2)cc1. The minimum Gasteiger partial charge on any atom is -0.497 e. The first-order valence-corrected chi connectivity index (χ1v) is 7.71. The molecular formula is C17H21N3O5. The largest absolute Gasteiger partial charge is 0.497 e. The molecule has 1 aromatic carbocycles. The lowest BCUT2D eigenvalue weighted by Gasteiger charge is -2.12. The number of amides is 1. The van der Waals surface area contributed by atoms with Gasteiger partial charge in [-0.3, -0.25) is 9.59 Å². The van der Waals surface area contributed by atoms with Gasteiger partial charge in [0.15, 0.2) is 0 Å². The molecule has 0 aliphatic rings. The minimum absolute atomic E-state index is 0.0198. The lowest BCUT2D eigenvalue weighted by atomic mass is 10.2. The van der Waals surface area contributed by atoms with Gasteiger partial charge in [-0.25, -0.2) is 4.68 Å². The van der Waals surface area contributed by atoms with E-state index in [1.54, 1.807) is 7.11 Å². The molecule has 134 valence electrons. The number of rotatable bonds is 8. The van der Waals surface area contributed by atoms with Gasteiger partial charge in [-0.15, -0.1) is 0 Å². The van der Waals surface area contributed by atoms with Crippen molar-refractivity contribution >= 4 is 5.91 Å². The highest BCUT2D eigenvalue weighted by Crippen LogP contribution is 2.11. The van der Waals surface area contributed by atoms with Crippen molar-refractivity contribution in [2.45, 2.75) is 12.7 Å². The molecule has 0 fully saturated rings. The van der Waals surface area contributed by atoms with Crippen LogP contribution in [0.15, 0.2) is 41.2 Å². The number of aliphatic hydroxyl groups is 1. The standard InChI is InChI=1S/C17H21N3O5/c1-20-16(22)8-7-15(19-20)17(23)18-9-13(21)11-25-10-12-3-5-14(24-2)6-4-12/h3-8,13,21H,9-11H2,1-2H3,(H,18,23)/t13-/m0/s1.